The quantitative estimate of drug-likeness (QED) is 0.904. The number of hydrogen-bond donors (Lipinski definition) is 1. The van der Waals surface area contributed by atoms with Gasteiger partial charge in [0.2, 0.25) is 5.91 Å². The van der Waals surface area contributed by atoms with Crippen molar-refractivity contribution in [1.29, 1.82) is 5.26 Å². The molecule has 1 aromatic rings. The molecule has 4 nitrogen and oxygen atoms in total. The molecule has 1 aliphatic heterocycles. The molecule has 1 unspecified atom stereocenters. The highest BCUT2D eigenvalue weighted by molar-refractivity contribution is 5.92. The average Bonchev–Trinajstić information content (AvgIpc) is 2.42. The van der Waals surface area contributed by atoms with Crippen LogP contribution in [0.1, 0.15) is 31.7 Å². The van der Waals surface area contributed by atoms with Crippen LogP contribution in [0.25, 0.3) is 0 Å². The molecule has 1 aromatic carbocycles. The summed E-state index contributed by atoms with van der Waals surface area (Å²) >= 11 is 0. The number of anilines is 1. The van der Waals surface area contributed by atoms with E-state index < -0.39 is 0 Å². The summed E-state index contributed by atoms with van der Waals surface area (Å²) in [5.41, 5.74) is 1.34. The van der Waals surface area contributed by atoms with Gasteiger partial charge in [-0.1, -0.05) is 6.42 Å². The fourth-order valence-corrected chi connectivity index (χ4v) is 2.41. The number of hydrogen-bond acceptors (Lipinski definition) is 3. The van der Waals surface area contributed by atoms with Gasteiger partial charge in [-0.15, -0.1) is 0 Å². The standard InChI is InChI=1S/C15H19N3O/c1-12-4-2-3-9-18(12)11-15(19)17-14-7-5-13(10-16)6-8-14/h5-8,12H,2-4,9,11H2,1H3,(H,17,19). The smallest absolute Gasteiger partial charge is 0.238 e. The third-order valence-corrected chi connectivity index (χ3v) is 3.59. The lowest BCUT2D eigenvalue weighted by Gasteiger charge is -2.32. The molecule has 0 saturated carbocycles. The molecule has 19 heavy (non-hydrogen) atoms. The third kappa shape index (κ3) is 3.80. The minimum Gasteiger partial charge on any atom is -0.325 e. The van der Waals surface area contributed by atoms with Gasteiger partial charge in [-0.25, -0.2) is 0 Å². The summed E-state index contributed by atoms with van der Waals surface area (Å²) in [6.45, 7) is 3.62. The van der Waals surface area contributed by atoms with Crippen molar-refractivity contribution in [2.24, 2.45) is 0 Å². The van der Waals surface area contributed by atoms with Crippen molar-refractivity contribution in [3.63, 3.8) is 0 Å². The number of nitrogens with zero attached hydrogens (tertiary/aromatic N) is 2. The monoisotopic (exact) mass is 257 g/mol. The lowest BCUT2D eigenvalue weighted by Crippen LogP contribution is -2.42. The Hall–Kier alpha value is -1.86. The number of carbonyl (C=O) groups excluding carboxylic acids is 1. The molecule has 0 aliphatic carbocycles. The van der Waals surface area contributed by atoms with E-state index in [1.807, 2.05) is 0 Å². The lowest BCUT2D eigenvalue weighted by atomic mass is 10.0. The van der Waals surface area contributed by atoms with Gasteiger partial charge in [-0.3, -0.25) is 9.69 Å². The zero-order valence-electron chi connectivity index (χ0n) is 11.2. The second-order valence-electron chi connectivity index (χ2n) is 5.05. The molecule has 0 spiro atoms. The summed E-state index contributed by atoms with van der Waals surface area (Å²) in [5.74, 6) is 0.0125. The molecule has 1 amide bonds. The topological polar surface area (TPSA) is 56.1 Å². The van der Waals surface area contributed by atoms with Gasteiger partial charge in [0.1, 0.15) is 0 Å². The Morgan fingerprint density at radius 2 is 2.16 bits per heavy atom. The maximum atomic E-state index is 12.0. The summed E-state index contributed by atoms with van der Waals surface area (Å²) in [7, 11) is 0. The average molecular weight is 257 g/mol. The van der Waals surface area contributed by atoms with Crippen molar-refractivity contribution < 1.29 is 4.79 Å². The van der Waals surface area contributed by atoms with E-state index >= 15 is 0 Å². The Kier molecular flexibility index (Phi) is 4.53. The van der Waals surface area contributed by atoms with Crippen LogP contribution in [0.3, 0.4) is 0 Å². The number of likely N-dealkylation sites (tertiary alicyclic amines) is 1. The van der Waals surface area contributed by atoms with Crippen LogP contribution in [-0.4, -0.2) is 29.9 Å². The van der Waals surface area contributed by atoms with Crippen molar-refractivity contribution in [2.75, 3.05) is 18.4 Å². The van der Waals surface area contributed by atoms with Crippen LogP contribution < -0.4 is 5.32 Å². The first kappa shape index (κ1) is 13.6. The van der Waals surface area contributed by atoms with Gasteiger partial charge in [0.05, 0.1) is 18.2 Å². The van der Waals surface area contributed by atoms with Gasteiger partial charge >= 0.3 is 0 Å². The molecule has 4 heteroatoms. The summed E-state index contributed by atoms with van der Waals surface area (Å²) in [5, 5.41) is 11.6. The van der Waals surface area contributed by atoms with Crippen LogP contribution in [-0.2, 0) is 4.79 Å². The van der Waals surface area contributed by atoms with Crippen LogP contribution in [0.4, 0.5) is 5.69 Å². The van der Waals surface area contributed by atoms with Crippen molar-refractivity contribution in [3.8, 4) is 6.07 Å². The number of benzene rings is 1. The SMILES string of the molecule is CC1CCCCN1CC(=O)Nc1ccc(C#N)cc1. The number of amides is 1. The second kappa shape index (κ2) is 6.35. The van der Waals surface area contributed by atoms with Crippen molar-refractivity contribution in [1.82, 2.24) is 4.90 Å². The minimum atomic E-state index is 0.0125. The number of nitrogens with one attached hydrogen (secondary N) is 1. The lowest BCUT2D eigenvalue weighted by molar-refractivity contribution is -0.118. The predicted octanol–water partition coefficient (Wildman–Crippen LogP) is 2.37. The zero-order valence-corrected chi connectivity index (χ0v) is 11.2. The first-order valence-corrected chi connectivity index (χ1v) is 6.73. The number of nitriles is 1. The van der Waals surface area contributed by atoms with Crippen molar-refractivity contribution in [2.45, 2.75) is 32.2 Å². The third-order valence-electron chi connectivity index (χ3n) is 3.59. The molecule has 1 atom stereocenters. The van der Waals surface area contributed by atoms with E-state index in [-0.39, 0.29) is 5.91 Å². The molecule has 1 aliphatic rings. The van der Waals surface area contributed by atoms with E-state index in [0.717, 1.165) is 12.2 Å². The van der Waals surface area contributed by atoms with Crippen molar-refractivity contribution in [3.05, 3.63) is 29.8 Å². The molecule has 1 heterocycles. The van der Waals surface area contributed by atoms with Crippen molar-refractivity contribution >= 4 is 11.6 Å². The molecule has 0 radical (unpaired) electrons. The maximum absolute atomic E-state index is 12.0. The Morgan fingerprint density at radius 3 is 2.79 bits per heavy atom. The van der Waals surface area contributed by atoms with E-state index in [4.69, 9.17) is 5.26 Å². The van der Waals surface area contributed by atoms with Gasteiger partial charge in [0, 0.05) is 11.7 Å². The molecule has 0 bridgehead atoms. The Labute approximate surface area is 114 Å². The zero-order chi connectivity index (χ0) is 13.7. The summed E-state index contributed by atoms with van der Waals surface area (Å²) in [6, 6.07) is 9.48. The van der Waals surface area contributed by atoms with Gasteiger partial charge in [-0.05, 0) is 50.6 Å². The number of piperidine rings is 1. The van der Waals surface area contributed by atoms with Gasteiger partial charge in [0.25, 0.3) is 0 Å². The molecule has 1 saturated heterocycles. The number of carbonyl (C=O) groups is 1. The first-order chi connectivity index (χ1) is 9.19. The molecule has 1 N–H and O–H groups in total. The van der Waals surface area contributed by atoms with Gasteiger partial charge in [-0.2, -0.15) is 5.26 Å². The van der Waals surface area contributed by atoms with Crippen LogP contribution in [0.2, 0.25) is 0 Å². The second-order valence-corrected chi connectivity index (χ2v) is 5.05. The Balaban J connectivity index is 1.88. The van der Waals surface area contributed by atoms with Crippen LogP contribution in [0, 0.1) is 11.3 Å². The van der Waals surface area contributed by atoms with Crippen LogP contribution in [0.5, 0.6) is 0 Å². The van der Waals surface area contributed by atoms with E-state index in [2.05, 4.69) is 23.2 Å². The molecule has 2 rings (SSSR count). The largest absolute Gasteiger partial charge is 0.325 e. The van der Waals surface area contributed by atoms with E-state index in [1.54, 1.807) is 24.3 Å². The number of rotatable bonds is 3. The maximum Gasteiger partial charge on any atom is 0.238 e. The summed E-state index contributed by atoms with van der Waals surface area (Å²) in [6.07, 6.45) is 3.60. The highest BCUT2D eigenvalue weighted by atomic mass is 16.2. The fourth-order valence-electron chi connectivity index (χ4n) is 2.41. The minimum absolute atomic E-state index is 0.0125. The fraction of sp³-hybridized carbons (Fsp3) is 0.467. The van der Waals surface area contributed by atoms with Gasteiger partial charge < -0.3 is 5.32 Å². The summed E-state index contributed by atoms with van der Waals surface area (Å²) < 4.78 is 0. The highest BCUT2D eigenvalue weighted by Gasteiger charge is 2.20. The van der Waals surface area contributed by atoms with E-state index in [0.29, 0.717) is 18.2 Å². The summed E-state index contributed by atoms with van der Waals surface area (Å²) in [4.78, 5) is 14.2. The van der Waals surface area contributed by atoms with Gasteiger partial charge in [0.15, 0.2) is 0 Å². The van der Waals surface area contributed by atoms with E-state index in [1.165, 1.54) is 19.3 Å². The van der Waals surface area contributed by atoms with E-state index in [9.17, 15) is 4.79 Å². The Bertz CT molecular complexity index is 475. The first-order valence-electron chi connectivity index (χ1n) is 6.73. The Morgan fingerprint density at radius 1 is 1.42 bits per heavy atom. The molecular formula is C15H19N3O. The van der Waals surface area contributed by atoms with Crippen LogP contribution in [0.15, 0.2) is 24.3 Å². The molecule has 1 fully saturated rings. The predicted molar refractivity (Wildman–Crippen MR) is 74.7 cm³/mol. The highest BCUT2D eigenvalue weighted by Crippen LogP contribution is 2.16. The molecule has 100 valence electrons. The van der Waals surface area contributed by atoms with Crippen LogP contribution >= 0.6 is 0 Å². The normalized spacial score (nSPS) is 19.7. The molecule has 0 aromatic heterocycles. The molecular weight excluding hydrogens is 238 g/mol.